The van der Waals surface area contributed by atoms with Crippen molar-refractivity contribution in [3.8, 4) is 11.3 Å². The van der Waals surface area contributed by atoms with Crippen LogP contribution < -0.4 is 4.90 Å². The highest BCUT2D eigenvalue weighted by Crippen LogP contribution is 2.36. The van der Waals surface area contributed by atoms with Crippen LogP contribution in [-0.2, 0) is 10.0 Å². The summed E-state index contributed by atoms with van der Waals surface area (Å²) in [5.41, 5.74) is 3.42. The maximum atomic E-state index is 13.6. The molecule has 1 N–H and O–H groups in total. The number of nitrogens with zero attached hydrogens (tertiary/aromatic N) is 2. The Kier molecular flexibility index (Phi) is 4.44. The molecular weight excluding hydrogens is 365 g/mol. The second-order valence-corrected chi connectivity index (χ2v) is 9.23. The molecule has 1 aliphatic heterocycles. The number of hydrogen-bond acceptors (Lipinski definition) is 3. The fourth-order valence-electron chi connectivity index (χ4n) is 3.58. The van der Waals surface area contributed by atoms with Crippen molar-refractivity contribution in [1.82, 2.24) is 9.29 Å². The van der Waals surface area contributed by atoms with Crippen LogP contribution in [0.15, 0.2) is 47.4 Å². The van der Waals surface area contributed by atoms with E-state index in [-0.39, 0.29) is 10.7 Å². The maximum Gasteiger partial charge on any atom is 0.242 e. The topological polar surface area (TPSA) is 56.4 Å². The summed E-state index contributed by atoms with van der Waals surface area (Å²) in [4.78, 5) is 5.83. The Morgan fingerprint density at radius 2 is 1.78 bits per heavy atom. The lowest BCUT2D eigenvalue weighted by Crippen LogP contribution is -2.23. The van der Waals surface area contributed by atoms with Crippen molar-refractivity contribution in [2.75, 3.05) is 32.1 Å². The van der Waals surface area contributed by atoms with Gasteiger partial charge in [-0.05, 0) is 55.3 Å². The summed E-state index contributed by atoms with van der Waals surface area (Å²) >= 11 is 0. The Labute approximate surface area is 158 Å². The lowest BCUT2D eigenvalue weighted by Gasteiger charge is -2.22. The molecule has 1 aromatic heterocycles. The van der Waals surface area contributed by atoms with E-state index in [0.29, 0.717) is 0 Å². The number of nitrogens with one attached hydrogen (secondary N) is 1. The van der Waals surface area contributed by atoms with Crippen molar-refractivity contribution in [2.24, 2.45) is 0 Å². The second-order valence-electron chi connectivity index (χ2n) is 7.08. The Morgan fingerprint density at radius 3 is 2.48 bits per heavy atom. The number of H-pyrrole nitrogens is 1. The first-order chi connectivity index (χ1) is 12.9. The van der Waals surface area contributed by atoms with Crippen molar-refractivity contribution >= 4 is 26.6 Å². The molecule has 0 radical (unpaired) electrons. The molecule has 0 bridgehead atoms. The van der Waals surface area contributed by atoms with Crippen LogP contribution in [0, 0.1) is 5.82 Å². The number of fused-ring (bicyclic) bond motifs is 1. The molecule has 2 heterocycles. The van der Waals surface area contributed by atoms with Crippen molar-refractivity contribution < 1.29 is 12.8 Å². The smallest absolute Gasteiger partial charge is 0.242 e. The van der Waals surface area contributed by atoms with E-state index in [1.54, 1.807) is 18.2 Å². The fourth-order valence-corrected chi connectivity index (χ4v) is 4.51. The molecule has 2 aromatic carbocycles. The van der Waals surface area contributed by atoms with Crippen molar-refractivity contribution in [2.45, 2.75) is 17.7 Å². The molecule has 1 saturated heterocycles. The number of halogens is 1. The van der Waals surface area contributed by atoms with E-state index >= 15 is 0 Å². The van der Waals surface area contributed by atoms with Crippen LogP contribution in [0.1, 0.15) is 12.8 Å². The zero-order chi connectivity index (χ0) is 19.2. The van der Waals surface area contributed by atoms with E-state index in [4.69, 9.17) is 0 Å². The van der Waals surface area contributed by atoms with Crippen molar-refractivity contribution in [1.29, 1.82) is 0 Å². The maximum absolute atomic E-state index is 13.6. The SMILES string of the molecule is CN(C)S(=O)(=O)c1ccc(N2CCCC2)c(-c2cc3cc(F)ccc3[nH]2)c1. The number of sulfonamides is 1. The van der Waals surface area contributed by atoms with Gasteiger partial charge in [-0.25, -0.2) is 17.1 Å². The van der Waals surface area contributed by atoms with Gasteiger partial charge in [0.2, 0.25) is 10.0 Å². The summed E-state index contributed by atoms with van der Waals surface area (Å²) in [6.07, 6.45) is 2.24. The summed E-state index contributed by atoms with van der Waals surface area (Å²) in [5, 5.41) is 0.762. The first-order valence-corrected chi connectivity index (χ1v) is 10.4. The number of aromatic nitrogens is 1. The average molecular weight is 387 g/mol. The van der Waals surface area contributed by atoms with Crippen LogP contribution >= 0.6 is 0 Å². The third-order valence-electron chi connectivity index (χ3n) is 5.07. The van der Waals surface area contributed by atoms with Gasteiger partial charge in [-0.15, -0.1) is 0 Å². The lowest BCUT2D eigenvalue weighted by molar-refractivity contribution is 0.521. The van der Waals surface area contributed by atoms with Crippen molar-refractivity contribution in [3.05, 3.63) is 48.3 Å². The normalized spacial score (nSPS) is 15.2. The Balaban J connectivity index is 1.91. The third-order valence-corrected chi connectivity index (χ3v) is 6.88. The second kappa shape index (κ2) is 6.65. The van der Waals surface area contributed by atoms with Crippen LogP contribution in [0.5, 0.6) is 0 Å². The quantitative estimate of drug-likeness (QED) is 0.740. The number of anilines is 1. The lowest BCUT2D eigenvalue weighted by atomic mass is 10.1. The van der Waals surface area contributed by atoms with Gasteiger partial charge in [0.1, 0.15) is 5.82 Å². The zero-order valence-corrected chi connectivity index (χ0v) is 16.2. The Hall–Kier alpha value is -2.38. The molecule has 142 valence electrons. The standard InChI is InChI=1S/C20H22FN3O2S/c1-23(2)27(25,26)16-6-8-20(24-9-3-4-10-24)17(13-16)19-12-14-11-15(21)5-7-18(14)22-19/h5-8,11-13,22H,3-4,9-10H2,1-2H3. The van der Waals surface area contributed by atoms with Gasteiger partial charge in [-0.1, -0.05) is 0 Å². The predicted molar refractivity (Wildman–Crippen MR) is 106 cm³/mol. The van der Waals surface area contributed by atoms with Crippen LogP contribution in [0.4, 0.5) is 10.1 Å². The summed E-state index contributed by atoms with van der Waals surface area (Å²) in [6, 6.07) is 11.7. The van der Waals surface area contributed by atoms with Crippen LogP contribution in [0.25, 0.3) is 22.2 Å². The largest absolute Gasteiger partial charge is 0.371 e. The minimum Gasteiger partial charge on any atom is -0.371 e. The first kappa shape index (κ1) is 18.0. The highest BCUT2D eigenvalue weighted by atomic mass is 32.2. The van der Waals surface area contributed by atoms with Crippen LogP contribution in [0.2, 0.25) is 0 Å². The van der Waals surface area contributed by atoms with Gasteiger partial charge < -0.3 is 9.88 Å². The molecule has 1 aliphatic rings. The summed E-state index contributed by atoms with van der Waals surface area (Å²) in [6.45, 7) is 1.89. The fraction of sp³-hybridized carbons (Fsp3) is 0.300. The van der Waals surface area contributed by atoms with Gasteiger partial charge >= 0.3 is 0 Å². The van der Waals surface area contributed by atoms with E-state index in [0.717, 1.165) is 53.8 Å². The molecule has 0 amide bonds. The molecule has 1 fully saturated rings. The summed E-state index contributed by atoms with van der Waals surface area (Å²) < 4.78 is 40.0. The van der Waals surface area contributed by atoms with E-state index in [9.17, 15) is 12.8 Å². The summed E-state index contributed by atoms with van der Waals surface area (Å²) in [5.74, 6) is -0.295. The predicted octanol–water partition coefficient (Wildman–Crippen LogP) is 3.82. The van der Waals surface area contributed by atoms with Crippen molar-refractivity contribution in [3.63, 3.8) is 0 Å². The number of rotatable bonds is 4. The highest BCUT2D eigenvalue weighted by Gasteiger charge is 2.23. The molecule has 0 unspecified atom stereocenters. The number of benzene rings is 2. The molecule has 27 heavy (non-hydrogen) atoms. The molecule has 0 spiro atoms. The van der Waals surface area contributed by atoms with Gasteiger partial charge in [0.25, 0.3) is 0 Å². The number of aromatic amines is 1. The Bertz CT molecular complexity index is 1100. The Morgan fingerprint density at radius 1 is 1.04 bits per heavy atom. The van der Waals surface area contributed by atoms with Gasteiger partial charge in [0, 0.05) is 55.0 Å². The molecule has 7 heteroatoms. The van der Waals surface area contributed by atoms with Gasteiger partial charge in [-0.2, -0.15) is 0 Å². The third kappa shape index (κ3) is 3.21. The molecule has 5 nitrogen and oxygen atoms in total. The van der Waals surface area contributed by atoms with E-state index in [1.807, 2.05) is 12.1 Å². The minimum absolute atomic E-state index is 0.246. The molecule has 0 aliphatic carbocycles. The van der Waals surface area contributed by atoms with E-state index < -0.39 is 10.0 Å². The van der Waals surface area contributed by atoms with Crippen LogP contribution in [-0.4, -0.2) is 44.9 Å². The molecular formula is C20H22FN3O2S. The monoisotopic (exact) mass is 387 g/mol. The first-order valence-electron chi connectivity index (χ1n) is 8.96. The van der Waals surface area contributed by atoms with Gasteiger partial charge in [-0.3, -0.25) is 0 Å². The average Bonchev–Trinajstić information content (AvgIpc) is 3.30. The molecule has 0 saturated carbocycles. The molecule has 0 atom stereocenters. The molecule has 4 rings (SSSR count). The van der Waals surface area contributed by atoms with E-state index in [2.05, 4.69) is 9.88 Å². The van der Waals surface area contributed by atoms with E-state index in [1.165, 1.54) is 30.5 Å². The molecule has 3 aromatic rings. The van der Waals surface area contributed by atoms with Gasteiger partial charge in [0.15, 0.2) is 0 Å². The zero-order valence-electron chi connectivity index (χ0n) is 15.4. The minimum atomic E-state index is -3.54. The number of hydrogen-bond donors (Lipinski definition) is 1. The van der Waals surface area contributed by atoms with Gasteiger partial charge in [0.05, 0.1) is 4.90 Å². The van der Waals surface area contributed by atoms with Crippen LogP contribution in [0.3, 0.4) is 0 Å². The highest BCUT2D eigenvalue weighted by molar-refractivity contribution is 7.89. The summed E-state index contributed by atoms with van der Waals surface area (Å²) in [7, 11) is -0.498.